The van der Waals surface area contributed by atoms with Gasteiger partial charge in [0.2, 0.25) is 0 Å². The van der Waals surface area contributed by atoms with E-state index in [-0.39, 0.29) is 0 Å². The van der Waals surface area contributed by atoms with Crippen molar-refractivity contribution >= 4 is 34.4 Å². The molecule has 1 fully saturated rings. The molecule has 1 aliphatic heterocycles. The zero-order chi connectivity index (χ0) is 16.2. The number of aliphatic imine (C=N–C) groups is 1. The summed E-state index contributed by atoms with van der Waals surface area (Å²) in [4.78, 5) is 13.5. The van der Waals surface area contributed by atoms with Crippen LogP contribution in [0, 0.1) is 0 Å². The third-order valence-electron chi connectivity index (χ3n) is 3.99. The van der Waals surface area contributed by atoms with Crippen LogP contribution in [0.4, 0.5) is 5.82 Å². The van der Waals surface area contributed by atoms with Crippen molar-refractivity contribution in [1.82, 2.24) is 9.88 Å². The number of hydrogen-bond donors (Lipinski definition) is 1. The molecule has 2 N–H and O–H groups in total. The fourth-order valence-electron chi connectivity index (χ4n) is 2.65. The molecular formula is C17H23N5S. The zero-order valence-electron chi connectivity index (χ0n) is 13.7. The number of hydrogen-bond acceptors (Lipinski definition) is 4. The van der Waals surface area contributed by atoms with E-state index in [2.05, 4.69) is 27.0 Å². The van der Waals surface area contributed by atoms with E-state index in [1.807, 2.05) is 49.0 Å². The number of aromatic nitrogens is 1. The lowest BCUT2D eigenvalue weighted by Gasteiger charge is -2.27. The minimum atomic E-state index is 0.583. The average molecular weight is 329 g/mol. The molecule has 1 saturated heterocycles. The predicted octanol–water partition coefficient (Wildman–Crippen LogP) is 2.16. The number of nitrogens with zero attached hydrogens (tertiary/aromatic N) is 4. The lowest BCUT2D eigenvalue weighted by molar-refractivity contribution is 0.455. The first-order valence-corrected chi connectivity index (χ1v) is 8.99. The Kier molecular flexibility index (Phi) is 4.91. The Balaban J connectivity index is 1.89. The van der Waals surface area contributed by atoms with E-state index in [0.29, 0.717) is 12.5 Å². The van der Waals surface area contributed by atoms with Gasteiger partial charge in [-0.05, 0) is 17.7 Å². The normalized spacial score (nSPS) is 15.9. The van der Waals surface area contributed by atoms with Gasteiger partial charge in [0.1, 0.15) is 5.82 Å². The molecule has 5 nitrogen and oxygen atoms in total. The van der Waals surface area contributed by atoms with Crippen LogP contribution in [0.15, 0.2) is 35.3 Å². The van der Waals surface area contributed by atoms with Crippen LogP contribution in [0.25, 0.3) is 10.9 Å². The topological polar surface area (TPSA) is 57.8 Å². The SMILES string of the molecule is CN(C)c1cc(CN=C(N)N2CCSCC2)c2ccccc2n1. The number of guanidine groups is 1. The Hall–Kier alpha value is -1.95. The molecule has 0 unspecified atom stereocenters. The molecule has 2 heterocycles. The van der Waals surface area contributed by atoms with E-state index in [0.717, 1.165) is 46.9 Å². The molecule has 0 spiro atoms. The van der Waals surface area contributed by atoms with Gasteiger partial charge < -0.3 is 15.5 Å². The van der Waals surface area contributed by atoms with Gasteiger partial charge in [-0.1, -0.05) is 18.2 Å². The van der Waals surface area contributed by atoms with Crippen molar-refractivity contribution in [2.24, 2.45) is 10.7 Å². The second kappa shape index (κ2) is 7.08. The third-order valence-corrected chi connectivity index (χ3v) is 4.94. The van der Waals surface area contributed by atoms with E-state index in [1.54, 1.807) is 0 Å². The lowest BCUT2D eigenvalue weighted by Crippen LogP contribution is -2.42. The van der Waals surface area contributed by atoms with Crippen LogP contribution in [0.2, 0.25) is 0 Å². The minimum absolute atomic E-state index is 0.583. The molecule has 6 heteroatoms. The highest BCUT2D eigenvalue weighted by molar-refractivity contribution is 7.99. The summed E-state index contributed by atoms with van der Waals surface area (Å²) in [6.07, 6.45) is 0. The van der Waals surface area contributed by atoms with Crippen molar-refractivity contribution in [3.63, 3.8) is 0 Å². The minimum Gasteiger partial charge on any atom is -0.370 e. The molecule has 0 saturated carbocycles. The van der Waals surface area contributed by atoms with Gasteiger partial charge in [0.15, 0.2) is 5.96 Å². The highest BCUT2D eigenvalue weighted by Gasteiger charge is 2.12. The Bertz CT molecular complexity index is 707. The molecule has 1 aromatic carbocycles. The maximum atomic E-state index is 6.18. The van der Waals surface area contributed by atoms with Crippen molar-refractivity contribution in [2.45, 2.75) is 6.54 Å². The van der Waals surface area contributed by atoms with E-state index in [9.17, 15) is 0 Å². The number of benzene rings is 1. The first-order valence-electron chi connectivity index (χ1n) is 7.84. The number of anilines is 1. The molecule has 2 aromatic rings. The number of pyridine rings is 1. The van der Waals surface area contributed by atoms with Gasteiger partial charge in [-0.25, -0.2) is 9.98 Å². The summed E-state index contributed by atoms with van der Waals surface area (Å²) in [7, 11) is 4.01. The highest BCUT2D eigenvalue weighted by atomic mass is 32.2. The van der Waals surface area contributed by atoms with E-state index < -0.39 is 0 Å². The Morgan fingerprint density at radius 1 is 1.30 bits per heavy atom. The average Bonchev–Trinajstić information content (AvgIpc) is 2.59. The molecule has 0 bridgehead atoms. The van der Waals surface area contributed by atoms with Crippen molar-refractivity contribution in [3.05, 3.63) is 35.9 Å². The Labute approximate surface area is 141 Å². The summed E-state index contributed by atoms with van der Waals surface area (Å²) in [5.74, 6) is 3.85. The summed E-state index contributed by atoms with van der Waals surface area (Å²) >= 11 is 1.97. The summed E-state index contributed by atoms with van der Waals surface area (Å²) in [6.45, 7) is 2.55. The number of para-hydroxylation sites is 1. The fraction of sp³-hybridized carbons (Fsp3) is 0.412. The maximum absolute atomic E-state index is 6.18. The molecule has 3 rings (SSSR count). The second-order valence-electron chi connectivity index (χ2n) is 5.83. The summed E-state index contributed by atoms with van der Waals surface area (Å²) in [5.41, 5.74) is 8.34. The fourth-order valence-corrected chi connectivity index (χ4v) is 3.55. The van der Waals surface area contributed by atoms with E-state index in [1.165, 1.54) is 0 Å². The van der Waals surface area contributed by atoms with Gasteiger partial charge in [-0.3, -0.25) is 0 Å². The van der Waals surface area contributed by atoms with Gasteiger partial charge in [0.25, 0.3) is 0 Å². The number of fused-ring (bicyclic) bond motifs is 1. The Morgan fingerprint density at radius 2 is 2.04 bits per heavy atom. The van der Waals surface area contributed by atoms with Crippen LogP contribution in [0.5, 0.6) is 0 Å². The second-order valence-corrected chi connectivity index (χ2v) is 7.05. The van der Waals surface area contributed by atoms with E-state index in [4.69, 9.17) is 5.73 Å². The standard InChI is InChI=1S/C17H23N5S/c1-21(2)16-11-13(14-5-3-4-6-15(14)20-16)12-19-17(18)22-7-9-23-10-8-22/h3-6,11H,7-10,12H2,1-2H3,(H2,18,19). The van der Waals surface area contributed by atoms with Crippen LogP contribution in [0.1, 0.15) is 5.56 Å². The van der Waals surface area contributed by atoms with Crippen LogP contribution >= 0.6 is 11.8 Å². The molecule has 1 aliphatic rings. The van der Waals surface area contributed by atoms with Gasteiger partial charge >= 0.3 is 0 Å². The van der Waals surface area contributed by atoms with Crippen molar-refractivity contribution in [2.75, 3.05) is 43.6 Å². The summed E-state index contributed by atoms with van der Waals surface area (Å²) in [6, 6.07) is 10.3. The molecular weight excluding hydrogens is 306 g/mol. The number of rotatable bonds is 3. The molecule has 122 valence electrons. The monoisotopic (exact) mass is 329 g/mol. The van der Waals surface area contributed by atoms with Gasteiger partial charge in [0.05, 0.1) is 12.1 Å². The lowest BCUT2D eigenvalue weighted by atomic mass is 10.1. The van der Waals surface area contributed by atoms with Crippen LogP contribution in [-0.2, 0) is 6.54 Å². The van der Waals surface area contributed by atoms with Crippen LogP contribution in [0.3, 0.4) is 0 Å². The smallest absolute Gasteiger partial charge is 0.191 e. The van der Waals surface area contributed by atoms with E-state index >= 15 is 0 Å². The Morgan fingerprint density at radius 3 is 2.78 bits per heavy atom. The van der Waals surface area contributed by atoms with Crippen molar-refractivity contribution in [3.8, 4) is 0 Å². The van der Waals surface area contributed by atoms with Crippen molar-refractivity contribution in [1.29, 1.82) is 0 Å². The van der Waals surface area contributed by atoms with Crippen molar-refractivity contribution < 1.29 is 0 Å². The number of thioether (sulfide) groups is 1. The molecule has 0 radical (unpaired) electrons. The molecule has 0 atom stereocenters. The number of nitrogens with two attached hydrogens (primary N) is 1. The molecule has 1 aromatic heterocycles. The maximum Gasteiger partial charge on any atom is 0.191 e. The highest BCUT2D eigenvalue weighted by Crippen LogP contribution is 2.23. The van der Waals surface area contributed by atoms with Gasteiger partial charge in [-0.15, -0.1) is 0 Å². The van der Waals surface area contributed by atoms with Gasteiger partial charge in [0, 0.05) is 44.1 Å². The molecule has 0 aliphatic carbocycles. The summed E-state index contributed by atoms with van der Waals surface area (Å²) < 4.78 is 0. The summed E-state index contributed by atoms with van der Waals surface area (Å²) in [5, 5.41) is 1.14. The first kappa shape index (κ1) is 15.9. The largest absolute Gasteiger partial charge is 0.370 e. The quantitative estimate of drug-likeness (QED) is 0.691. The van der Waals surface area contributed by atoms with Crippen LogP contribution in [-0.4, -0.2) is 54.5 Å². The van der Waals surface area contributed by atoms with Gasteiger partial charge in [-0.2, -0.15) is 11.8 Å². The predicted molar refractivity (Wildman–Crippen MR) is 100 cm³/mol. The van der Waals surface area contributed by atoms with Crippen LogP contribution < -0.4 is 10.6 Å². The third kappa shape index (κ3) is 3.69. The first-order chi connectivity index (χ1) is 11.1. The molecule has 0 amide bonds. The zero-order valence-corrected chi connectivity index (χ0v) is 14.5. The molecule has 23 heavy (non-hydrogen) atoms.